The van der Waals surface area contributed by atoms with E-state index in [2.05, 4.69) is 12.2 Å². The third-order valence-electron chi connectivity index (χ3n) is 4.18. The van der Waals surface area contributed by atoms with Crippen molar-refractivity contribution < 1.29 is 13.2 Å². The molecule has 2 unspecified atom stereocenters. The molecule has 112 valence electrons. The van der Waals surface area contributed by atoms with Crippen LogP contribution in [0.5, 0.6) is 0 Å². The summed E-state index contributed by atoms with van der Waals surface area (Å²) in [6.07, 6.45) is 5.54. The molecule has 0 radical (unpaired) electrons. The Balaban J connectivity index is 1.82. The van der Waals surface area contributed by atoms with Crippen molar-refractivity contribution in [3.05, 3.63) is 0 Å². The van der Waals surface area contributed by atoms with Gasteiger partial charge in [0.15, 0.2) is 0 Å². The quantitative estimate of drug-likeness (QED) is 0.833. The lowest BCUT2D eigenvalue weighted by molar-refractivity contribution is -0.0663. The molecule has 0 aliphatic carbocycles. The van der Waals surface area contributed by atoms with Gasteiger partial charge in [0.2, 0.25) is 10.0 Å². The van der Waals surface area contributed by atoms with E-state index in [0.29, 0.717) is 25.6 Å². The lowest BCUT2D eigenvalue weighted by Gasteiger charge is -2.37. The minimum absolute atomic E-state index is 0.0778. The molecule has 0 spiro atoms. The van der Waals surface area contributed by atoms with Gasteiger partial charge in [0.1, 0.15) is 0 Å². The van der Waals surface area contributed by atoms with Crippen LogP contribution in [0, 0.1) is 5.92 Å². The van der Waals surface area contributed by atoms with Gasteiger partial charge in [-0.05, 0) is 45.1 Å². The van der Waals surface area contributed by atoms with Gasteiger partial charge in [-0.25, -0.2) is 12.7 Å². The maximum absolute atomic E-state index is 11.6. The highest BCUT2D eigenvalue weighted by Crippen LogP contribution is 2.24. The smallest absolute Gasteiger partial charge is 0.211 e. The second-order valence-corrected chi connectivity index (χ2v) is 8.15. The Labute approximate surface area is 116 Å². The molecule has 2 fully saturated rings. The predicted molar refractivity (Wildman–Crippen MR) is 75.6 cm³/mol. The van der Waals surface area contributed by atoms with Gasteiger partial charge in [0.25, 0.3) is 0 Å². The average Bonchev–Trinajstić information content (AvgIpc) is 2.37. The van der Waals surface area contributed by atoms with Crippen molar-refractivity contribution in [2.75, 3.05) is 39.0 Å². The Bertz CT molecular complexity index is 391. The molecule has 0 aromatic carbocycles. The molecule has 2 aliphatic rings. The molecule has 5 nitrogen and oxygen atoms in total. The largest absolute Gasteiger partial charge is 0.374 e. The molecule has 2 aliphatic heterocycles. The molecule has 2 rings (SSSR count). The van der Waals surface area contributed by atoms with E-state index in [4.69, 9.17) is 4.74 Å². The summed E-state index contributed by atoms with van der Waals surface area (Å²) in [5.74, 6) is 0.335. The van der Waals surface area contributed by atoms with Crippen molar-refractivity contribution in [3.8, 4) is 0 Å². The predicted octanol–water partition coefficient (Wildman–Crippen LogP) is 0.817. The third-order valence-corrected chi connectivity index (χ3v) is 5.45. The molecule has 0 saturated carbocycles. The average molecular weight is 290 g/mol. The van der Waals surface area contributed by atoms with Crippen LogP contribution in [0.15, 0.2) is 0 Å². The second-order valence-electron chi connectivity index (χ2n) is 6.17. The molecular formula is C13H26N2O3S. The maximum Gasteiger partial charge on any atom is 0.211 e. The van der Waals surface area contributed by atoms with Gasteiger partial charge >= 0.3 is 0 Å². The molecule has 0 bridgehead atoms. The van der Waals surface area contributed by atoms with E-state index in [0.717, 1.165) is 38.8 Å². The molecule has 2 saturated heterocycles. The Hall–Kier alpha value is -0.170. The number of nitrogens with zero attached hydrogens (tertiary/aromatic N) is 1. The zero-order chi connectivity index (χ0) is 13.9. The Morgan fingerprint density at radius 2 is 2.21 bits per heavy atom. The van der Waals surface area contributed by atoms with E-state index in [1.54, 1.807) is 4.31 Å². The van der Waals surface area contributed by atoms with Crippen LogP contribution in [0.2, 0.25) is 0 Å². The Morgan fingerprint density at radius 1 is 1.42 bits per heavy atom. The van der Waals surface area contributed by atoms with Gasteiger partial charge in [0.05, 0.1) is 18.5 Å². The summed E-state index contributed by atoms with van der Waals surface area (Å²) in [7, 11) is -3.05. The van der Waals surface area contributed by atoms with Crippen LogP contribution in [0.1, 0.15) is 32.6 Å². The Morgan fingerprint density at radius 3 is 2.84 bits per heavy atom. The van der Waals surface area contributed by atoms with Crippen molar-refractivity contribution in [3.63, 3.8) is 0 Å². The zero-order valence-corrected chi connectivity index (χ0v) is 12.8. The monoisotopic (exact) mass is 290 g/mol. The standard InChI is InChI=1S/C13H26N2O3S/c1-13(6-4-7-14-11-13)18-10-12-5-3-8-15(9-12)19(2,16)17/h12,14H,3-11H2,1-2H3. The molecular weight excluding hydrogens is 264 g/mol. The molecule has 0 aromatic rings. The van der Waals surface area contributed by atoms with Crippen molar-refractivity contribution in [1.29, 1.82) is 0 Å². The van der Waals surface area contributed by atoms with Crippen molar-refractivity contribution in [2.45, 2.75) is 38.2 Å². The van der Waals surface area contributed by atoms with Crippen molar-refractivity contribution in [2.24, 2.45) is 5.92 Å². The molecule has 6 heteroatoms. The van der Waals surface area contributed by atoms with Crippen LogP contribution >= 0.6 is 0 Å². The van der Waals surface area contributed by atoms with E-state index < -0.39 is 10.0 Å². The summed E-state index contributed by atoms with van der Waals surface area (Å²) in [5.41, 5.74) is -0.0778. The van der Waals surface area contributed by atoms with E-state index in [-0.39, 0.29) is 5.60 Å². The van der Waals surface area contributed by atoms with Crippen LogP contribution in [0.25, 0.3) is 0 Å². The van der Waals surface area contributed by atoms with Crippen LogP contribution < -0.4 is 5.32 Å². The summed E-state index contributed by atoms with van der Waals surface area (Å²) < 4.78 is 30.8. The normalized spacial score (nSPS) is 34.3. The highest BCUT2D eigenvalue weighted by Gasteiger charge is 2.31. The Kier molecular flexibility index (Phi) is 4.87. The van der Waals surface area contributed by atoms with Gasteiger partial charge in [-0.3, -0.25) is 0 Å². The minimum Gasteiger partial charge on any atom is -0.374 e. The molecule has 0 aromatic heterocycles. The molecule has 1 N–H and O–H groups in total. The first-order valence-corrected chi connectivity index (χ1v) is 9.04. The molecule has 2 heterocycles. The topological polar surface area (TPSA) is 58.6 Å². The summed E-state index contributed by atoms with van der Waals surface area (Å²) in [6, 6.07) is 0. The highest BCUT2D eigenvalue weighted by molar-refractivity contribution is 7.88. The highest BCUT2D eigenvalue weighted by atomic mass is 32.2. The van der Waals surface area contributed by atoms with Gasteiger partial charge in [-0.15, -0.1) is 0 Å². The number of hydrogen-bond acceptors (Lipinski definition) is 4. The van der Waals surface area contributed by atoms with Gasteiger partial charge < -0.3 is 10.1 Å². The zero-order valence-electron chi connectivity index (χ0n) is 12.0. The number of sulfonamides is 1. The van der Waals surface area contributed by atoms with E-state index >= 15 is 0 Å². The van der Waals surface area contributed by atoms with E-state index in [1.807, 2.05) is 0 Å². The first-order chi connectivity index (χ1) is 8.89. The van der Waals surface area contributed by atoms with Crippen LogP contribution in [-0.4, -0.2) is 57.4 Å². The SMILES string of the molecule is CC1(OCC2CCCN(S(C)(=O)=O)C2)CCCNC1. The maximum atomic E-state index is 11.6. The van der Waals surface area contributed by atoms with Crippen LogP contribution in [-0.2, 0) is 14.8 Å². The first-order valence-electron chi connectivity index (χ1n) is 7.19. The first kappa shape index (κ1) is 15.2. The van der Waals surface area contributed by atoms with Crippen molar-refractivity contribution >= 4 is 10.0 Å². The lowest BCUT2D eigenvalue weighted by atomic mass is 9.95. The van der Waals surface area contributed by atoms with Gasteiger partial charge in [-0.2, -0.15) is 0 Å². The summed E-state index contributed by atoms with van der Waals surface area (Å²) in [5, 5.41) is 3.36. The fourth-order valence-corrected chi connectivity index (χ4v) is 3.88. The third kappa shape index (κ3) is 4.41. The molecule has 19 heavy (non-hydrogen) atoms. The minimum atomic E-state index is -3.05. The number of ether oxygens (including phenoxy) is 1. The van der Waals surface area contributed by atoms with Crippen LogP contribution in [0.4, 0.5) is 0 Å². The summed E-state index contributed by atoms with van der Waals surface area (Å²) >= 11 is 0. The molecule has 0 amide bonds. The number of piperidine rings is 2. The van der Waals surface area contributed by atoms with Crippen LogP contribution in [0.3, 0.4) is 0 Å². The number of nitrogens with one attached hydrogen (secondary N) is 1. The van der Waals surface area contributed by atoms with E-state index in [9.17, 15) is 8.42 Å². The fourth-order valence-electron chi connectivity index (χ4n) is 2.93. The summed E-state index contributed by atoms with van der Waals surface area (Å²) in [6.45, 7) is 6.07. The fraction of sp³-hybridized carbons (Fsp3) is 1.00. The van der Waals surface area contributed by atoms with Crippen molar-refractivity contribution in [1.82, 2.24) is 9.62 Å². The second kappa shape index (κ2) is 6.08. The van der Waals surface area contributed by atoms with E-state index in [1.165, 1.54) is 6.26 Å². The van der Waals surface area contributed by atoms with Gasteiger partial charge in [0, 0.05) is 19.6 Å². The number of rotatable bonds is 4. The molecule has 2 atom stereocenters. The van der Waals surface area contributed by atoms with Gasteiger partial charge in [-0.1, -0.05) is 0 Å². The summed E-state index contributed by atoms with van der Waals surface area (Å²) in [4.78, 5) is 0. The lowest BCUT2D eigenvalue weighted by Crippen LogP contribution is -2.47. The number of hydrogen-bond donors (Lipinski definition) is 1.